The van der Waals surface area contributed by atoms with Crippen molar-refractivity contribution in [2.45, 2.75) is 50.0 Å². The summed E-state index contributed by atoms with van der Waals surface area (Å²) in [5.74, 6) is -1.17. The van der Waals surface area contributed by atoms with Crippen molar-refractivity contribution >= 4 is 18.0 Å². The minimum atomic E-state index is -0.896. The molecule has 2 N–H and O–H groups in total. The second-order valence-electron chi connectivity index (χ2n) is 9.36. The number of likely N-dealkylation sites (N-methyl/N-ethyl adjacent to an activating group) is 1. The number of benzene rings is 2. The van der Waals surface area contributed by atoms with Gasteiger partial charge in [0, 0.05) is 25.6 Å². The van der Waals surface area contributed by atoms with Crippen molar-refractivity contribution in [3.63, 3.8) is 0 Å². The molecule has 2 aromatic rings. The van der Waals surface area contributed by atoms with Crippen molar-refractivity contribution in [1.29, 1.82) is 0 Å². The van der Waals surface area contributed by atoms with Crippen molar-refractivity contribution in [1.82, 2.24) is 10.2 Å². The first-order valence-corrected chi connectivity index (χ1v) is 12.2. The van der Waals surface area contributed by atoms with Crippen molar-refractivity contribution < 1.29 is 24.2 Å². The molecule has 0 spiro atoms. The highest BCUT2D eigenvalue weighted by Crippen LogP contribution is 2.44. The summed E-state index contributed by atoms with van der Waals surface area (Å²) in [6.07, 6.45) is 6.62. The molecule has 0 atom stereocenters. The quantitative estimate of drug-likeness (QED) is 0.538. The zero-order valence-corrected chi connectivity index (χ0v) is 20.0. The Morgan fingerprint density at radius 2 is 1.63 bits per heavy atom. The van der Waals surface area contributed by atoms with E-state index in [-0.39, 0.29) is 31.4 Å². The molecule has 0 aromatic heterocycles. The number of nitrogens with zero attached hydrogens (tertiary/aromatic N) is 1. The molecule has 0 saturated heterocycles. The lowest BCUT2D eigenvalue weighted by molar-refractivity contribution is -0.144. The van der Waals surface area contributed by atoms with Crippen molar-refractivity contribution in [3.8, 4) is 11.1 Å². The molecule has 2 aliphatic rings. The topological polar surface area (TPSA) is 95.9 Å². The second-order valence-corrected chi connectivity index (χ2v) is 9.36. The molecule has 0 heterocycles. The maximum atomic E-state index is 12.7. The first kappa shape index (κ1) is 24.5. The van der Waals surface area contributed by atoms with Gasteiger partial charge in [0.2, 0.25) is 5.91 Å². The molecule has 7 heteroatoms. The van der Waals surface area contributed by atoms with E-state index in [1.54, 1.807) is 18.0 Å². The average Bonchev–Trinajstić information content (AvgIpc) is 3.18. The van der Waals surface area contributed by atoms with Crippen LogP contribution in [0.2, 0.25) is 0 Å². The van der Waals surface area contributed by atoms with Gasteiger partial charge >= 0.3 is 12.1 Å². The fourth-order valence-electron chi connectivity index (χ4n) is 5.42. The first-order chi connectivity index (χ1) is 16.9. The predicted molar refractivity (Wildman–Crippen MR) is 133 cm³/mol. The van der Waals surface area contributed by atoms with E-state index in [0.29, 0.717) is 12.8 Å². The van der Waals surface area contributed by atoms with Gasteiger partial charge in [-0.15, -0.1) is 0 Å². The van der Waals surface area contributed by atoms with Gasteiger partial charge in [-0.05, 0) is 35.1 Å². The van der Waals surface area contributed by atoms with Crippen LogP contribution in [-0.2, 0) is 14.3 Å². The third-order valence-electron chi connectivity index (χ3n) is 7.27. The molecule has 35 heavy (non-hydrogen) atoms. The van der Waals surface area contributed by atoms with E-state index in [1.165, 1.54) is 17.2 Å². The summed E-state index contributed by atoms with van der Waals surface area (Å²) >= 11 is 0. The van der Waals surface area contributed by atoms with E-state index in [2.05, 4.69) is 29.6 Å². The fraction of sp³-hybridized carbons (Fsp3) is 0.393. The Morgan fingerprint density at radius 1 is 1.03 bits per heavy atom. The molecule has 0 unspecified atom stereocenters. The van der Waals surface area contributed by atoms with Gasteiger partial charge in [-0.25, -0.2) is 4.79 Å². The minimum absolute atomic E-state index is 0.0140. The maximum Gasteiger partial charge on any atom is 0.407 e. The van der Waals surface area contributed by atoms with Gasteiger partial charge in [0.05, 0.1) is 12.0 Å². The van der Waals surface area contributed by atoms with Crippen LogP contribution in [0.5, 0.6) is 0 Å². The summed E-state index contributed by atoms with van der Waals surface area (Å²) in [5.41, 5.74) is 3.98. The number of ether oxygens (including phenoxy) is 1. The maximum absolute atomic E-state index is 12.7. The smallest absolute Gasteiger partial charge is 0.407 e. The Kier molecular flexibility index (Phi) is 7.54. The molecule has 4 rings (SSSR count). The van der Waals surface area contributed by atoms with Crippen LogP contribution in [0.3, 0.4) is 0 Å². The van der Waals surface area contributed by atoms with Gasteiger partial charge < -0.3 is 20.1 Å². The van der Waals surface area contributed by atoms with E-state index < -0.39 is 17.6 Å². The molecular formula is C28H32N2O5. The number of hydrogen-bond donors (Lipinski definition) is 2. The number of carbonyl (C=O) groups is 3. The number of nitrogens with one attached hydrogen (secondary N) is 1. The Morgan fingerprint density at radius 3 is 2.23 bits per heavy atom. The average molecular weight is 477 g/mol. The van der Waals surface area contributed by atoms with Crippen LogP contribution < -0.4 is 5.32 Å². The summed E-state index contributed by atoms with van der Waals surface area (Å²) in [4.78, 5) is 38.0. The first-order valence-electron chi connectivity index (χ1n) is 12.2. The molecule has 1 saturated carbocycles. The van der Waals surface area contributed by atoms with Gasteiger partial charge in [0.1, 0.15) is 6.61 Å². The Bertz CT molecular complexity index is 1070. The summed E-state index contributed by atoms with van der Waals surface area (Å²) in [6.45, 7) is 0.366. The Hall–Kier alpha value is -3.61. The Labute approximate surface area is 205 Å². The van der Waals surface area contributed by atoms with Crippen molar-refractivity contribution in [3.05, 3.63) is 71.8 Å². The third-order valence-corrected chi connectivity index (χ3v) is 7.27. The molecule has 184 valence electrons. The normalized spacial score (nSPS) is 16.4. The minimum Gasteiger partial charge on any atom is -0.481 e. The summed E-state index contributed by atoms with van der Waals surface area (Å²) < 4.78 is 5.50. The van der Waals surface area contributed by atoms with E-state index in [1.807, 2.05) is 24.3 Å². The highest BCUT2D eigenvalue weighted by atomic mass is 16.5. The highest BCUT2D eigenvalue weighted by Gasteiger charge is 2.39. The van der Waals surface area contributed by atoms with Crippen LogP contribution in [0, 0.1) is 0 Å². The van der Waals surface area contributed by atoms with Gasteiger partial charge in [-0.2, -0.15) is 0 Å². The number of carbonyl (C=O) groups excluding carboxylic acids is 2. The predicted octanol–water partition coefficient (Wildman–Crippen LogP) is 4.72. The second kappa shape index (κ2) is 10.8. The summed E-state index contributed by atoms with van der Waals surface area (Å²) in [6, 6.07) is 16.3. The van der Waals surface area contributed by atoms with Gasteiger partial charge in [0.15, 0.2) is 0 Å². The molecule has 2 aromatic carbocycles. The zero-order valence-electron chi connectivity index (χ0n) is 20.0. The summed E-state index contributed by atoms with van der Waals surface area (Å²) in [5, 5.41) is 12.0. The van der Waals surface area contributed by atoms with E-state index in [4.69, 9.17) is 4.74 Å². The van der Waals surface area contributed by atoms with Crippen LogP contribution >= 0.6 is 0 Å². The number of aliphatic carboxylic acids is 1. The number of carboxylic acids is 1. The Balaban J connectivity index is 1.28. The van der Waals surface area contributed by atoms with Crippen LogP contribution in [0.1, 0.15) is 55.6 Å². The molecular weight excluding hydrogens is 444 g/mol. The largest absolute Gasteiger partial charge is 0.481 e. The van der Waals surface area contributed by atoms with Crippen LogP contribution in [0.15, 0.2) is 60.7 Å². The fourth-order valence-corrected chi connectivity index (χ4v) is 5.42. The lowest BCUT2D eigenvalue weighted by Crippen LogP contribution is -2.51. The number of hydrogen-bond acceptors (Lipinski definition) is 4. The molecule has 2 aliphatic carbocycles. The number of alkyl carbamates (subject to hydrolysis) is 1. The third kappa shape index (κ3) is 5.39. The highest BCUT2D eigenvalue weighted by molar-refractivity contribution is 5.88. The van der Waals surface area contributed by atoms with Crippen molar-refractivity contribution in [2.75, 3.05) is 20.2 Å². The standard InChI is InChI=1S/C28H32N2O5/c1-30(28(18-26(32)33)15-7-2-8-16-28)25(31)14-9-17-29-27(34)35-19-24-22-12-5-3-10-20(22)21-11-4-6-13-23(21)24/h3-6,9-14,24H,2,7-8,15-19H2,1H3,(H,29,34)(H,32,33)/b14-9+. The molecule has 0 radical (unpaired) electrons. The van der Waals surface area contributed by atoms with E-state index in [9.17, 15) is 19.5 Å². The van der Waals surface area contributed by atoms with Crippen LogP contribution in [0.4, 0.5) is 4.79 Å². The number of amides is 2. The molecule has 2 amide bonds. The van der Waals surface area contributed by atoms with Crippen LogP contribution in [0.25, 0.3) is 11.1 Å². The molecule has 1 fully saturated rings. The van der Waals surface area contributed by atoms with Gasteiger partial charge in [-0.3, -0.25) is 9.59 Å². The number of carboxylic acid groups (broad SMARTS) is 1. The summed E-state index contributed by atoms with van der Waals surface area (Å²) in [7, 11) is 1.67. The number of fused-ring (bicyclic) bond motifs is 3. The van der Waals surface area contributed by atoms with Gasteiger partial charge in [0.25, 0.3) is 0 Å². The van der Waals surface area contributed by atoms with E-state index in [0.717, 1.165) is 30.4 Å². The SMILES string of the molecule is CN(C(=O)/C=C/CNC(=O)OCC1c2ccccc2-c2ccccc21)C1(CC(=O)O)CCCCC1. The molecule has 7 nitrogen and oxygen atoms in total. The van der Waals surface area contributed by atoms with Crippen LogP contribution in [-0.4, -0.2) is 53.7 Å². The van der Waals surface area contributed by atoms with E-state index >= 15 is 0 Å². The lowest BCUT2D eigenvalue weighted by Gasteiger charge is -2.43. The van der Waals surface area contributed by atoms with Gasteiger partial charge in [-0.1, -0.05) is 73.9 Å². The molecule has 0 bridgehead atoms. The number of rotatable bonds is 8. The lowest BCUT2D eigenvalue weighted by atomic mass is 9.78. The zero-order chi connectivity index (χ0) is 24.8. The monoisotopic (exact) mass is 476 g/mol. The molecule has 0 aliphatic heterocycles. The van der Waals surface area contributed by atoms with Crippen molar-refractivity contribution in [2.24, 2.45) is 0 Å².